The van der Waals surface area contributed by atoms with Gasteiger partial charge >= 0.3 is 5.69 Å². The lowest BCUT2D eigenvalue weighted by molar-refractivity contribution is 0.0587. The van der Waals surface area contributed by atoms with Crippen LogP contribution in [-0.4, -0.2) is 24.4 Å². The molecule has 132 valence electrons. The van der Waals surface area contributed by atoms with Gasteiger partial charge in [0.2, 0.25) is 5.89 Å². The highest BCUT2D eigenvalue weighted by molar-refractivity contribution is 7.10. The molecule has 0 bridgehead atoms. The van der Waals surface area contributed by atoms with Gasteiger partial charge in [-0.2, -0.15) is 4.98 Å². The summed E-state index contributed by atoms with van der Waals surface area (Å²) < 4.78 is 7.38. The van der Waals surface area contributed by atoms with Crippen LogP contribution in [0, 0.1) is 0 Å². The van der Waals surface area contributed by atoms with Crippen LogP contribution in [0.1, 0.15) is 23.5 Å². The molecule has 3 heterocycles. The fraction of sp³-hybridized carbons (Fsp3) is 0.333. The Bertz CT molecular complexity index is 1020. The van der Waals surface area contributed by atoms with E-state index < -0.39 is 16.9 Å². The Balaban J connectivity index is 1.81. The van der Waals surface area contributed by atoms with Gasteiger partial charge in [0.1, 0.15) is 12.1 Å². The molecule has 8 nitrogen and oxygen atoms in total. The predicted molar refractivity (Wildman–Crippen MR) is 91.9 cm³/mol. The molecule has 0 fully saturated rings. The number of aryl methyl sites for hydroxylation is 1. The second-order valence-electron chi connectivity index (χ2n) is 5.82. The maximum absolute atomic E-state index is 12.0. The molecule has 0 spiro atoms. The number of halogens is 1. The minimum absolute atomic E-state index is 0.106. The van der Waals surface area contributed by atoms with E-state index in [0.29, 0.717) is 9.90 Å². The largest absolute Gasteiger partial charge is 0.384 e. The molecule has 3 aromatic rings. The topological polar surface area (TPSA) is 103 Å². The molecule has 0 radical (unpaired) electrons. The summed E-state index contributed by atoms with van der Waals surface area (Å²) in [5, 5.41) is 16.7. The van der Waals surface area contributed by atoms with Gasteiger partial charge in [0.15, 0.2) is 5.82 Å². The highest BCUT2D eigenvalue weighted by atomic mass is 35.5. The van der Waals surface area contributed by atoms with Gasteiger partial charge in [-0.05, 0) is 13.0 Å². The highest BCUT2D eigenvalue weighted by Crippen LogP contribution is 2.31. The minimum atomic E-state index is -1.21. The summed E-state index contributed by atoms with van der Waals surface area (Å²) in [6.45, 7) is 1.49. The molecule has 3 rings (SSSR count). The molecule has 0 saturated heterocycles. The van der Waals surface area contributed by atoms with Crippen molar-refractivity contribution in [2.75, 3.05) is 0 Å². The third-order valence-corrected chi connectivity index (χ3v) is 5.17. The molecule has 0 aliphatic heterocycles. The van der Waals surface area contributed by atoms with Crippen molar-refractivity contribution in [1.82, 2.24) is 19.3 Å². The zero-order chi connectivity index (χ0) is 18.2. The molecule has 25 heavy (non-hydrogen) atoms. The van der Waals surface area contributed by atoms with Crippen LogP contribution in [0.25, 0.3) is 0 Å². The van der Waals surface area contributed by atoms with Gasteiger partial charge in [-0.1, -0.05) is 16.8 Å². The first-order valence-electron chi connectivity index (χ1n) is 7.31. The molecule has 0 saturated carbocycles. The normalized spacial score (nSPS) is 13.8. The summed E-state index contributed by atoms with van der Waals surface area (Å²) in [7, 11) is 1.54. The van der Waals surface area contributed by atoms with E-state index in [-0.39, 0.29) is 24.7 Å². The zero-order valence-corrected chi connectivity index (χ0v) is 15.0. The molecular weight excluding hydrogens is 368 g/mol. The Hall–Kier alpha value is -2.23. The van der Waals surface area contributed by atoms with Crippen LogP contribution in [0.2, 0.25) is 5.02 Å². The predicted octanol–water partition coefficient (Wildman–Crippen LogP) is 1.14. The first-order valence-corrected chi connectivity index (χ1v) is 8.57. The molecule has 0 aliphatic carbocycles. The van der Waals surface area contributed by atoms with Crippen LogP contribution < -0.4 is 11.2 Å². The van der Waals surface area contributed by atoms with Gasteiger partial charge in [-0.3, -0.25) is 9.36 Å². The fourth-order valence-corrected chi connectivity index (χ4v) is 3.45. The standard InChI is InChI=1S/C15H15ClN4O4S/c1-15(23,10-5-9(16)8-25-10)6-11-17-12(24-18-11)7-20-13(21)3-4-19(2)14(20)22/h3-5,8,23H,6-7H2,1-2H3. The van der Waals surface area contributed by atoms with Gasteiger partial charge in [-0.25, -0.2) is 4.79 Å². The van der Waals surface area contributed by atoms with Gasteiger partial charge in [0, 0.05) is 36.0 Å². The Morgan fingerprint density at radius 1 is 1.44 bits per heavy atom. The van der Waals surface area contributed by atoms with Gasteiger partial charge < -0.3 is 14.2 Å². The van der Waals surface area contributed by atoms with Crippen molar-refractivity contribution in [3.8, 4) is 0 Å². The average Bonchev–Trinajstić information content (AvgIpc) is 3.17. The van der Waals surface area contributed by atoms with Crippen LogP contribution in [0.3, 0.4) is 0 Å². The van der Waals surface area contributed by atoms with E-state index in [1.165, 1.54) is 28.2 Å². The molecule has 1 unspecified atom stereocenters. The summed E-state index contributed by atoms with van der Waals surface area (Å²) >= 11 is 7.22. The Morgan fingerprint density at radius 3 is 2.88 bits per heavy atom. The Morgan fingerprint density at radius 2 is 2.20 bits per heavy atom. The summed E-state index contributed by atoms with van der Waals surface area (Å²) in [6.07, 6.45) is 1.50. The quantitative estimate of drug-likeness (QED) is 0.709. The summed E-state index contributed by atoms with van der Waals surface area (Å²) in [4.78, 5) is 28.7. The van der Waals surface area contributed by atoms with Crippen molar-refractivity contribution >= 4 is 22.9 Å². The minimum Gasteiger partial charge on any atom is -0.384 e. The van der Waals surface area contributed by atoms with E-state index in [0.717, 1.165) is 4.57 Å². The van der Waals surface area contributed by atoms with Crippen LogP contribution in [0.4, 0.5) is 0 Å². The molecule has 0 aliphatic rings. The molecule has 0 aromatic carbocycles. The second kappa shape index (κ2) is 6.58. The molecule has 1 atom stereocenters. The second-order valence-corrected chi connectivity index (χ2v) is 7.17. The first kappa shape index (κ1) is 17.6. The van der Waals surface area contributed by atoms with Crippen LogP contribution >= 0.6 is 22.9 Å². The molecule has 0 amide bonds. The van der Waals surface area contributed by atoms with Crippen LogP contribution in [0.15, 0.2) is 37.8 Å². The first-order chi connectivity index (χ1) is 11.8. The SMILES string of the molecule is Cn1ccc(=O)n(Cc2nc(CC(C)(O)c3cc(Cl)cs3)no2)c1=O. The van der Waals surface area contributed by atoms with E-state index in [1.54, 1.807) is 25.4 Å². The number of hydrogen-bond donors (Lipinski definition) is 1. The number of aliphatic hydroxyl groups is 1. The van der Waals surface area contributed by atoms with Gasteiger partial charge in [-0.15, -0.1) is 11.3 Å². The van der Waals surface area contributed by atoms with Crippen molar-refractivity contribution in [2.24, 2.45) is 7.05 Å². The van der Waals surface area contributed by atoms with Crippen molar-refractivity contribution in [1.29, 1.82) is 0 Å². The van der Waals surface area contributed by atoms with Crippen LogP contribution in [-0.2, 0) is 25.6 Å². The summed E-state index contributed by atoms with van der Waals surface area (Å²) in [5.74, 6) is 0.380. The van der Waals surface area contributed by atoms with Crippen molar-refractivity contribution in [3.05, 3.63) is 66.2 Å². The molecule has 3 aromatic heterocycles. The molecule has 10 heteroatoms. The van der Waals surface area contributed by atoms with Crippen molar-refractivity contribution in [3.63, 3.8) is 0 Å². The third kappa shape index (κ3) is 3.73. The lowest BCUT2D eigenvalue weighted by atomic mass is 10.0. The average molecular weight is 383 g/mol. The maximum Gasteiger partial charge on any atom is 0.331 e. The van der Waals surface area contributed by atoms with Crippen molar-refractivity contribution < 1.29 is 9.63 Å². The highest BCUT2D eigenvalue weighted by Gasteiger charge is 2.28. The monoisotopic (exact) mass is 382 g/mol. The Labute approximate surface area is 150 Å². The lowest BCUT2D eigenvalue weighted by Crippen LogP contribution is -2.38. The maximum atomic E-state index is 12.0. The van der Waals surface area contributed by atoms with E-state index in [1.807, 2.05) is 0 Å². The van der Waals surface area contributed by atoms with E-state index in [9.17, 15) is 14.7 Å². The van der Waals surface area contributed by atoms with Crippen LogP contribution in [0.5, 0.6) is 0 Å². The fourth-order valence-electron chi connectivity index (χ4n) is 2.31. The smallest absolute Gasteiger partial charge is 0.331 e. The number of rotatable bonds is 5. The third-order valence-electron chi connectivity index (χ3n) is 3.64. The summed E-state index contributed by atoms with van der Waals surface area (Å²) in [6, 6.07) is 2.96. The zero-order valence-electron chi connectivity index (χ0n) is 13.5. The lowest BCUT2D eigenvalue weighted by Gasteiger charge is -2.19. The molecular formula is C15H15ClN4O4S. The van der Waals surface area contributed by atoms with Crippen molar-refractivity contribution in [2.45, 2.75) is 25.5 Å². The van der Waals surface area contributed by atoms with E-state index >= 15 is 0 Å². The van der Waals surface area contributed by atoms with E-state index in [2.05, 4.69) is 10.1 Å². The van der Waals surface area contributed by atoms with E-state index in [4.69, 9.17) is 16.1 Å². The number of hydrogen-bond acceptors (Lipinski definition) is 7. The van der Waals surface area contributed by atoms with Gasteiger partial charge in [0.25, 0.3) is 5.56 Å². The molecule has 1 N–H and O–H groups in total. The summed E-state index contributed by atoms with van der Waals surface area (Å²) in [5.41, 5.74) is -2.14. The Kier molecular flexibility index (Phi) is 4.63. The number of nitrogens with zero attached hydrogens (tertiary/aromatic N) is 4. The number of thiophene rings is 1. The number of aromatic nitrogens is 4. The van der Waals surface area contributed by atoms with Gasteiger partial charge in [0.05, 0.1) is 5.02 Å².